The molecule has 1 aromatic rings. The molecule has 3 heteroatoms. The van der Waals surface area contributed by atoms with E-state index in [1.807, 2.05) is 12.4 Å². The average molecular weight is 273 g/mol. The van der Waals surface area contributed by atoms with E-state index in [1.165, 1.54) is 37.9 Å². The summed E-state index contributed by atoms with van der Waals surface area (Å²) >= 11 is 0. The molecule has 1 aliphatic heterocycles. The smallest absolute Gasteiger partial charge is 0.0312 e. The van der Waals surface area contributed by atoms with Crippen molar-refractivity contribution in [2.75, 3.05) is 13.1 Å². The molecule has 0 spiro atoms. The zero-order valence-corrected chi connectivity index (χ0v) is 12.8. The highest BCUT2D eigenvalue weighted by atomic mass is 15.2. The first-order valence-electron chi connectivity index (χ1n) is 8.08. The fourth-order valence-electron chi connectivity index (χ4n) is 3.48. The van der Waals surface area contributed by atoms with Crippen LogP contribution in [0.15, 0.2) is 24.5 Å². The molecule has 1 saturated heterocycles. The minimum absolute atomic E-state index is 0.654. The lowest BCUT2D eigenvalue weighted by molar-refractivity contribution is 0.100. The molecular formula is C17H27N3. The predicted octanol–water partition coefficient (Wildman–Crippen LogP) is 2.68. The summed E-state index contributed by atoms with van der Waals surface area (Å²) in [5.41, 5.74) is 1.35. The number of nitrogens with one attached hydrogen (secondary N) is 1. The molecule has 3 rings (SSSR count). The molecule has 20 heavy (non-hydrogen) atoms. The number of pyridine rings is 1. The van der Waals surface area contributed by atoms with Gasteiger partial charge in [0, 0.05) is 44.1 Å². The Hall–Kier alpha value is -0.930. The van der Waals surface area contributed by atoms with E-state index in [-0.39, 0.29) is 0 Å². The van der Waals surface area contributed by atoms with Gasteiger partial charge >= 0.3 is 0 Å². The maximum atomic E-state index is 4.26. The summed E-state index contributed by atoms with van der Waals surface area (Å²) in [4.78, 5) is 6.97. The lowest BCUT2D eigenvalue weighted by Gasteiger charge is -2.41. The highest BCUT2D eigenvalue weighted by Gasteiger charge is 2.38. The van der Waals surface area contributed by atoms with Crippen LogP contribution in [-0.2, 0) is 6.54 Å². The van der Waals surface area contributed by atoms with Crippen molar-refractivity contribution in [1.29, 1.82) is 0 Å². The Kier molecular flexibility index (Phi) is 4.37. The van der Waals surface area contributed by atoms with Gasteiger partial charge in [0.15, 0.2) is 0 Å². The number of piperazine rings is 1. The summed E-state index contributed by atoms with van der Waals surface area (Å²) in [6, 6.07) is 5.64. The maximum absolute atomic E-state index is 4.26. The first-order valence-corrected chi connectivity index (χ1v) is 8.08. The fraction of sp³-hybridized carbons (Fsp3) is 0.706. The van der Waals surface area contributed by atoms with Gasteiger partial charge in [-0.1, -0.05) is 19.9 Å². The van der Waals surface area contributed by atoms with E-state index >= 15 is 0 Å². The highest BCUT2D eigenvalue weighted by molar-refractivity contribution is 5.09. The molecule has 1 aliphatic carbocycles. The van der Waals surface area contributed by atoms with Crippen LogP contribution in [0.4, 0.5) is 0 Å². The predicted molar refractivity (Wildman–Crippen MR) is 82.4 cm³/mol. The molecule has 0 bridgehead atoms. The number of hydrogen-bond acceptors (Lipinski definition) is 3. The van der Waals surface area contributed by atoms with Crippen LogP contribution >= 0.6 is 0 Å². The standard InChI is InChI=1S/C17H27N3/c1-13(2)8-16-12-20(11-14-4-3-7-18-9-14)17(10-19-16)15-5-6-15/h3-4,7,9,13,15-17,19H,5-6,8,10-12H2,1-2H3. The van der Waals surface area contributed by atoms with Crippen LogP contribution in [-0.4, -0.2) is 35.1 Å². The van der Waals surface area contributed by atoms with Crippen LogP contribution in [0, 0.1) is 11.8 Å². The molecule has 0 radical (unpaired) electrons. The Bertz CT molecular complexity index is 414. The van der Waals surface area contributed by atoms with Gasteiger partial charge in [-0.25, -0.2) is 0 Å². The SMILES string of the molecule is CC(C)CC1CN(Cc2cccnc2)C(C2CC2)CN1. The summed E-state index contributed by atoms with van der Waals surface area (Å²) in [5.74, 6) is 1.70. The third-order valence-corrected chi connectivity index (χ3v) is 4.57. The summed E-state index contributed by atoms with van der Waals surface area (Å²) in [7, 11) is 0. The molecule has 2 unspecified atom stereocenters. The van der Waals surface area contributed by atoms with Crippen molar-refractivity contribution in [2.24, 2.45) is 11.8 Å². The minimum Gasteiger partial charge on any atom is -0.311 e. The second kappa shape index (κ2) is 6.23. The van der Waals surface area contributed by atoms with E-state index in [4.69, 9.17) is 0 Å². The number of hydrogen-bond donors (Lipinski definition) is 1. The van der Waals surface area contributed by atoms with Crippen molar-refractivity contribution in [1.82, 2.24) is 15.2 Å². The van der Waals surface area contributed by atoms with Gasteiger partial charge < -0.3 is 5.32 Å². The van der Waals surface area contributed by atoms with Crippen molar-refractivity contribution in [3.05, 3.63) is 30.1 Å². The number of aromatic nitrogens is 1. The van der Waals surface area contributed by atoms with Gasteiger partial charge in [0.1, 0.15) is 0 Å². The van der Waals surface area contributed by atoms with Gasteiger partial charge in [0.2, 0.25) is 0 Å². The second-order valence-electron chi connectivity index (χ2n) is 6.93. The van der Waals surface area contributed by atoms with Gasteiger partial charge in [-0.2, -0.15) is 0 Å². The molecule has 2 aliphatic rings. The van der Waals surface area contributed by atoms with E-state index in [2.05, 4.69) is 41.2 Å². The summed E-state index contributed by atoms with van der Waals surface area (Å²) in [6.45, 7) is 8.06. The molecule has 110 valence electrons. The summed E-state index contributed by atoms with van der Waals surface area (Å²) in [5, 5.41) is 3.78. The van der Waals surface area contributed by atoms with E-state index in [9.17, 15) is 0 Å². The normalized spacial score (nSPS) is 27.9. The summed E-state index contributed by atoms with van der Waals surface area (Å²) < 4.78 is 0. The quantitative estimate of drug-likeness (QED) is 0.894. The van der Waals surface area contributed by atoms with Crippen LogP contribution in [0.2, 0.25) is 0 Å². The topological polar surface area (TPSA) is 28.2 Å². The Balaban J connectivity index is 1.65. The first-order chi connectivity index (χ1) is 9.72. The lowest BCUT2D eigenvalue weighted by Crippen LogP contribution is -2.57. The first kappa shape index (κ1) is 14.0. The van der Waals surface area contributed by atoms with Crippen LogP contribution in [0.25, 0.3) is 0 Å². The van der Waals surface area contributed by atoms with E-state index in [0.29, 0.717) is 6.04 Å². The Morgan fingerprint density at radius 1 is 1.40 bits per heavy atom. The molecular weight excluding hydrogens is 246 g/mol. The van der Waals surface area contributed by atoms with Gasteiger partial charge in [-0.05, 0) is 42.7 Å². The third-order valence-electron chi connectivity index (χ3n) is 4.57. The van der Waals surface area contributed by atoms with Crippen molar-refractivity contribution in [2.45, 2.75) is 51.7 Å². The number of nitrogens with zero attached hydrogens (tertiary/aromatic N) is 2. The van der Waals surface area contributed by atoms with Crippen LogP contribution in [0.5, 0.6) is 0 Å². The summed E-state index contributed by atoms with van der Waals surface area (Å²) in [6.07, 6.45) is 8.00. The second-order valence-corrected chi connectivity index (χ2v) is 6.93. The average Bonchev–Trinajstić information content (AvgIpc) is 3.24. The molecule has 0 aromatic carbocycles. The van der Waals surface area contributed by atoms with E-state index in [1.54, 1.807) is 0 Å². The molecule has 1 saturated carbocycles. The van der Waals surface area contributed by atoms with Crippen LogP contribution in [0.3, 0.4) is 0 Å². The lowest BCUT2D eigenvalue weighted by atomic mass is 9.97. The van der Waals surface area contributed by atoms with Crippen molar-refractivity contribution < 1.29 is 0 Å². The van der Waals surface area contributed by atoms with Crippen molar-refractivity contribution in [3.63, 3.8) is 0 Å². The van der Waals surface area contributed by atoms with Gasteiger partial charge in [0.25, 0.3) is 0 Å². The van der Waals surface area contributed by atoms with Gasteiger partial charge in [0.05, 0.1) is 0 Å². The minimum atomic E-state index is 0.654. The Morgan fingerprint density at radius 3 is 2.90 bits per heavy atom. The largest absolute Gasteiger partial charge is 0.311 e. The molecule has 2 heterocycles. The van der Waals surface area contributed by atoms with Crippen LogP contribution < -0.4 is 5.32 Å². The van der Waals surface area contributed by atoms with Gasteiger partial charge in [-0.15, -0.1) is 0 Å². The maximum Gasteiger partial charge on any atom is 0.0312 e. The zero-order chi connectivity index (χ0) is 13.9. The van der Waals surface area contributed by atoms with E-state index < -0.39 is 0 Å². The molecule has 3 nitrogen and oxygen atoms in total. The molecule has 2 fully saturated rings. The van der Waals surface area contributed by atoms with Crippen molar-refractivity contribution >= 4 is 0 Å². The highest BCUT2D eigenvalue weighted by Crippen LogP contribution is 2.37. The molecule has 1 aromatic heterocycles. The molecule has 0 amide bonds. The third kappa shape index (κ3) is 3.58. The van der Waals surface area contributed by atoms with Crippen molar-refractivity contribution in [3.8, 4) is 0 Å². The zero-order valence-electron chi connectivity index (χ0n) is 12.8. The van der Waals surface area contributed by atoms with Gasteiger partial charge in [-0.3, -0.25) is 9.88 Å². The van der Waals surface area contributed by atoms with Crippen LogP contribution in [0.1, 0.15) is 38.7 Å². The monoisotopic (exact) mass is 273 g/mol. The Morgan fingerprint density at radius 2 is 2.25 bits per heavy atom. The van der Waals surface area contributed by atoms with E-state index in [0.717, 1.165) is 24.4 Å². The number of rotatable bonds is 5. The fourth-order valence-corrected chi connectivity index (χ4v) is 3.48. The molecule has 2 atom stereocenters. The Labute approximate surface area is 122 Å². The molecule has 1 N–H and O–H groups in total.